The molecule has 3 atom stereocenters. The van der Waals surface area contributed by atoms with Crippen molar-refractivity contribution >= 4 is 11.7 Å². The number of halogens is 5. The maximum atomic E-state index is 14.4. The van der Waals surface area contributed by atoms with E-state index in [2.05, 4.69) is 20.3 Å². The molecule has 1 amide bonds. The fraction of sp³-hybridized carbons (Fsp3) is 0.333. The van der Waals surface area contributed by atoms with E-state index < -0.39 is 35.3 Å². The van der Waals surface area contributed by atoms with Crippen LogP contribution in [0.15, 0.2) is 48.9 Å². The number of benzene rings is 1. The fourth-order valence-electron chi connectivity index (χ4n) is 4.94. The quantitative estimate of drug-likeness (QED) is 0.526. The van der Waals surface area contributed by atoms with E-state index in [4.69, 9.17) is 0 Å². The first-order valence-corrected chi connectivity index (χ1v) is 11.1. The molecule has 1 aromatic carbocycles. The summed E-state index contributed by atoms with van der Waals surface area (Å²) in [5.41, 5.74) is -0.677. The molecule has 2 bridgehead atoms. The molecule has 0 unspecified atom stereocenters. The van der Waals surface area contributed by atoms with Crippen LogP contribution < -0.4 is 5.32 Å². The Kier molecular flexibility index (Phi) is 5.86. The summed E-state index contributed by atoms with van der Waals surface area (Å²) in [4.78, 5) is 27.2. The Morgan fingerprint density at radius 2 is 1.83 bits per heavy atom. The molecule has 1 aliphatic carbocycles. The van der Waals surface area contributed by atoms with Crippen LogP contribution in [0, 0.1) is 17.6 Å². The number of nitrogens with zero attached hydrogens (tertiary/aromatic N) is 4. The average Bonchev–Trinajstić information content (AvgIpc) is 2.85. The molecule has 3 aromatic rings. The van der Waals surface area contributed by atoms with Crippen LogP contribution in [0.3, 0.4) is 0 Å². The van der Waals surface area contributed by atoms with Gasteiger partial charge in [-0.1, -0.05) is 0 Å². The summed E-state index contributed by atoms with van der Waals surface area (Å²) in [6, 6.07) is 5.07. The van der Waals surface area contributed by atoms with Crippen LogP contribution in [0.4, 0.5) is 27.8 Å². The molecule has 6 rings (SSSR count). The van der Waals surface area contributed by atoms with Gasteiger partial charge < -0.3 is 10.2 Å². The number of rotatable bonds is 4. The Balaban J connectivity index is 1.42. The molecule has 0 radical (unpaired) electrons. The summed E-state index contributed by atoms with van der Waals surface area (Å²) in [6.45, 7) is 0.441. The molecule has 11 heteroatoms. The van der Waals surface area contributed by atoms with Gasteiger partial charge in [-0.05, 0) is 55.5 Å². The third kappa shape index (κ3) is 4.54. The van der Waals surface area contributed by atoms with Gasteiger partial charge in [0.15, 0.2) is 17.5 Å². The smallest absolute Gasteiger partial charge is 0.363 e. The molecule has 3 aliphatic rings. The third-order valence-corrected chi connectivity index (χ3v) is 6.55. The second kappa shape index (κ2) is 8.86. The Morgan fingerprint density at radius 1 is 1.06 bits per heavy atom. The topological polar surface area (TPSA) is 71.0 Å². The van der Waals surface area contributed by atoms with Crippen molar-refractivity contribution < 1.29 is 26.7 Å². The Bertz CT molecular complexity index is 1250. The lowest BCUT2D eigenvalue weighted by Crippen LogP contribution is -2.60. The van der Waals surface area contributed by atoms with Gasteiger partial charge in [-0.25, -0.2) is 23.7 Å². The molecule has 1 saturated carbocycles. The number of carbonyl (C=O) groups is 1. The lowest BCUT2D eigenvalue weighted by atomic mass is 9.76. The first-order valence-electron chi connectivity index (χ1n) is 11.1. The minimum atomic E-state index is -4.70. The number of anilines is 1. The van der Waals surface area contributed by atoms with Crippen LogP contribution in [-0.4, -0.2) is 44.4 Å². The van der Waals surface area contributed by atoms with Crippen LogP contribution in [0.25, 0.3) is 11.4 Å². The number of carbonyl (C=O) groups excluding carboxylic acids is 1. The molecule has 1 N–H and O–H groups in total. The van der Waals surface area contributed by atoms with E-state index in [9.17, 15) is 26.7 Å². The minimum absolute atomic E-state index is 0.101. The average molecular weight is 489 g/mol. The van der Waals surface area contributed by atoms with Crippen molar-refractivity contribution in [3.8, 4) is 11.4 Å². The molecule has 3 fully saturated rings. The number of pyridine rings is 1. The zero-order valence-corrected chi connectivity index (χ0v) is 18.3. The van der Waals surface area contributed by atoms with Crippen molar-refractivity contribution in [3.63, 3.8) is 0 Å². The van der Waals surface area contributed by atoms with Crippen LogP contribution in [0.2, 0.25) is 0 Å². The van der Waals surface area contributed by atoms with Gasteiger partial charge in [0.1, 0.15) is 5.82 Å². The second-order valence-electron chi connectivity index (χ2n) is 8.77. The summed E-state index contributed by atoms with van der Waals surface area (Å²) in [7, 11) is 0. The lowest BCUT2D eigenvalue weighted by molar-refractivity contribution is -0.138. The van der Waals surface area contributed by atoms with E-state index in [0.717, 1.165) is 12.5 Å². The summed E-state index contributed by atoms with van der Waals surface area (Å²) in [5.74, 6) is -2.03. The number of hydrogen-bond donors (Lipinski definition) is 1. The van der Waals surface area contributed by atoms with Crippen LogP contribution in [0.1, 0.15) is 35.2 Å². The molecule has 4 heterocycles. The van der Waals surface area contributed by atoms with E-state index in [0.29, 0.717) is 37.2 Å². The number of alkyl halides is 3. The van der Waals surface area contributed by atoms with Crippen molar-refractivity contribution in [2.24, 2.45) is 5.92 Å². The highest BCUT2D eigenvalue weighted by Gasteiger charge is 2.44. The van der Waals surface area contributed by atoms with Crippen molar-refractivity contribution in [2.45, 2.75) is 37.5 Å². The number of piperidine rings is 2. The highest BCUT2D eigenvalue weighted by molar-refractivity contribution is 6.00. The predicted octanol–water partition coefficient (Wildman–Crippen LogP) is 4.94. The van der Waals surface area contributed by atoms with Crippen LogP contribution >= 0.6 is 0 Å². The van der Waals surface area contributed by atoms with Gasteiger partial charge in [0, 0.05) is 36.7 Å². The fourth-order valence-corrected chi connectivity index (χ4v) is 4.94. The van der Waals surface area contributed by atoms with E-state index >= 15 is 0 Å². The van der Waals surface area contributed by atoms with E-state index in [1.54, 1.807) is 11.0 Å². The number of fused-ring (bicyclic) bond motifs is 3. The molecule has 2 aliphatic heterocycles. The zero-order chi connectivity index (χ0) is 24.7. The van der Waals surface area contributed by atoms with Crippen molar-refractivity contribution in [2.75, 3.05) is 11.9 Å². The van der Waals surface area contributed by atoms with Crippen LogP contribution in [-0.2, 0) is 6.18 Å². The molecule has 182 valence electrons. The van der Waals surface area contributed by atoms with E-state index in [1.165, 1.54) is 24.5 Å². The van der Waals surface area contributed by atoms with Crippen LogP contribution in [0.5, 0.6) is 0 Å². The Hall–Kier alpha value is -3.63. The largest absolute Gasteiger partial charge is 0.417 e. The van der Waals surface area contributed by atoms with Gasteiger partial charge in [-0.3, -0.25) is 4.79 Å². The maximum Gasteiger partial charge on any atom is 0.417 e. The van der Waals surface area contributed by atoms with E-state index in [-0.39, 0.29) is 29.2 Å². The molecule has 2 aromatic heterocycles. The maximum absolute atomic E-state index is 14.4. The number of amides is 1. The van der Waals surface area contributed by atoms with Crippen molar-refractivity contribution in [1.29, 1.82) is 0 Å². The van der Waals surface area contributed by atoms with Gasteiger partial charge in [-0.15, -0.1) is 0 Å². The Morgan fingerprint density at radius 3 is 2.51 bits per heavy atom. The van der Waals surface area contributed by atoms with Gasteiger partial charge in [-0.2, -0.15) is 13.2 Å². The monoisotopic (exact) mass is 489 g/mol. The normalized spacial score (nSPS) is 21.7. The first-order chi connectivity index (χ1) is 16.7. The second-order valence-corrected chi connectivity index (χ2v) is 8.77. The summed E-state index contributed by atoms with van der Waals surface area (Å²) in [6.07, 6.45) is 0.992. The predicted molar refractivity (Wildman–Crippen MR) is 116 cm³/mol. The SMILES string of the molecule is O=C(c1cc(F)ccc1-c1ncccn1)N1C[C@H]2CC[C@H]1[C@H](Nc1ncc(C(F)(F)F)cc1F)C2. The first kappa shape index (κ1) is 23.1. The Labute approximate surface area is 197 Å². The van der Waals surface area contributed by atoms with Crippen molar-refractivity contribution in [3.05, 3.63) is 71.7 Å². The number of hydrogen-bond acceptors (Lipinski definition) is 5. The number of nitrogens with one attached hydrogen (secondary N) is 1. The molecule has 35 heavy (non-hydrogen) atoms. The zero-order valence-electron chi connectivity index (χ0n) is 18.3. The van der Waals surface area contributed by atoms with Crippen molar-refractivity contribution in [1.82, 2.24) is 19.9 Å². The highest BCUT2D eigenvalue weighted by atomic mass is 19.4. The number of aromatic nitrogens is 3. The molecule has 2 saturated heterocycles. The molecule has 0 spiro atoms. The van der Waals surface area contributed by atoms with Gasteiger partial charge in [0.05, 0.1) is 17.2 Å². The van der Waals surface area contributed by atoms with Gasteiger partial charge in [0.2, 0.25) is 0 Å². The van der Waals surface area contributed by atoms with Gasteiger partial charge in [0.25, 0.3) is 5.91 Å². The summed E-state index contributed by atoms with van der Waals surface area (Å²) in [5, 5.41) is 2.91. The standard InChI is InChI=1S/C24H20F5N5O/c25-15-3-4-16(21-30-6-1-7-31-21)17(10-15)23(35)34-12-13-2-5-20(34)19(8-13)33-22-18(26)9-14(11-32-22)24(27,28)29/h1,3-4,6-7,9-11,13,19-20H,2,5,8,12H2,(H,32,33)/t13-,19+,20-/m0/s1. The van der Waals surface area contributed by atoms with E-state index in [1.807, 2.05) is 0 Å². The summed E-state index contributed by atoms with van der Waals surface area (Å²) >= 11 is 0. The molecular formula is C24H20F5N5O. The molecular weight excluding hydrogens is 469 g/mol. The highest BCUT2D eigenvalue weighted by Crippen LogP contribution is 2.39. The molecule has 6 nitrogen and oxygen atoms in total. The van der Waals surface area contributed by atoms with Gasteiger partial charge >= 0.3 is 6.18 Å². The third-order valence-electron chi connectivity index (χ3n) is 6.55. The summed E-state index contributed by atoms with van der Waals surface area (Å²) < 4.78 is 67.1. The minimum Gasteiger partial charge on any atom is -0.363 e. The lowest BCUT2D eigenvalue weighted by Gasteiger charge is -2.50.